The van der Waals surface area contributed by atoms with Gasteiger partial charge >= 0.3 is 0 Å². The number of hydrogen-bond acceptors (Lipinski definition) is 0. The molecule has 0 amide bonds. The predicted molar refractivity (Wildman–Crippen MR) is 114 cm³/mol. The van der Waals surface area contributed by atoms with E-state index in [1.807, 2.05) is 6.08 Å². The van der Waals surface area contributed by atoms with Gasteiger partial charge in [0.25, 0.3) is 0 Å². The van der Waals surface area contributed by atoms with Gasteiger partial charge in [0.2, 0.25) is 0 Å². The van der Waals surface area contributed by atoms with Crippen LogP contribution in [0.4, 0.5) is 13.2 Å². The van der Waals surface area contributed by atoms with Crippen molar-refractivity contribution in [3.63, 3.8) is 0 Å². The third kappa shape index (κ3) is 5.05. The van der Waals surface area contributed by atoms with Gasteiger partial charge in [-0.15, -0.1) is 6.58 Å². The topological polar surface area (TPSA) is 0 Å². The van der Waals surface area contributed by atoms with Crippen molar-refractivity contribution >= 4 is 6.08 Å². The molecule has 0 aliphatic rings. The van der Waals surface area contributed by atoms with E-state index < -0.39 is 17.5 Å². The molecule has 0 nitrogen and oxygen atoms in total. The second-order valence-electron chi connectivity index (χ2n) is 7.02. The first kappa shape index (κ1) is 20.7. The van der Waals surface area contributed by atoms with Crippen molar-refractivity contribution in [3.05, 3.63) is 114 Å². The molecule has 0 aromatic heterocycles. The molecule has 0 saturated heterocycles. The summed E-state index contributed by atoms with van der Waals surface area (Å²) in [7, 11) is 0. The first-order chi connectivity index (χ1) is 14.0. The standard InChI is InChI=1S/C26H23F3/c1-3-5-6-18-7-9-19(10-8-18)11-12-20-13-14-23(24(27)15-20)21-16-25(28)22(4-2)26(29)17-21/h3-4,7-10,13-17H,1-2,5-6,11-12H2. The van der Waals surface area contributed by atoms with E-state index in [4.69, 9.17) is 0 Å². The highest BCUT2D eigenvalue weighted by atomic mass is 19.1. The van der Waals surface area contributed by atoms with Crippen molar-refractivity contribution < 1.29 is 13.2 Å². The van der Waals surface area contributed by atoms with E-state index in [-0.39, 0.29) is 16.7 Å². The molecule has 29 heavy (non-hydrogen) atoms. The van der Waals surface area contributed by atoms with Crippen LogP contribution in [0.3, 0.4) is 0 Å². The Morgan fingerprint density at radius 1 is 0.655 bits per heavy atom. The molecule has 0 aliphatic heterocycles. The number of allylic oxidation sites excluding steroid dienone is 1. The molecular formula is C26H23F3. The monoisotopic (exact) mass is 392 g/mol. The zero-order chi connectivity index (χ0) is 20.8. The van der Waals surface area contributed by atoms with Crippen LogP contribution in [0, 0.1) is 17.5 Å². The summed E-state index contributed by atoms with van der Waals surface area (Å²) < 4.78 is 42.6. The highest BCUT2D eigenvalue weighted by Crippen LogP contribution is 2.28. The zero-order valence-corrected chi connectivity index (χ0v) is 16.2. The maximum Gasteiger partial charge on any atom is 0.133 e. The Bertz CT molecular complexity index is 994. The molecule has 3 rings (SSSR count). The van der Waals surface area contributed by atoms with Crippen LogP contribution < -0.4 is 0 Å². The number of aryl methyl sites for hydroxylation is 3. The van der Waals surface area contributed by atoms with Gasteiger partial charge in [-0.3, -0.25) is 0 Å². The predicted octanol–water partition coefficient (Wildman–Crippen LogP) is 7.32. The Kier molecular flexibility index (Phi) is 6.71. The highest BCUT2D eigenvalue weighted by Gasteiger charge is 2.13. The molecule has 0 unspecified atom stereocenters. The van der Waals surface area contributed by atoms with E-state index in [1.54, 1.807) is 12.1 Å². The largest absolute Gasteiger partial charge is 0.206 e. The van der Waals surface area contributed by atoms with Crippen LogP contribution in [-0.2, 0) is 19.3 Å². The minimum Gasteiger partial charge on any atom is -0.206 e. The molecule has 0 atom stereocenters. The van der Waals surface area contributed by atoms with Crippen molar-refractivity contribution in [2.75, 3.05) is 0 Å². The van der Waals surface area contributed by atoms with Gasteiger partial charge in [0.05, 0.1) is 0 Å². The second-order valence-corrected chi connectivity index (χ2v) is 7.02. The lowest BCUT2D eigenvalue weighted by atomic mass is 9.98. The SMILES string of the molecule is C=CCCc1ccc(CCc2ccc(-c3cc(F)c(C=C)c(F)c3)c(F)c2)cc1. The molecule has 0 heterocycles. The van der Waals surface area contributed by atoms with Crippen molar-refractivity contribution in [3.8, 4) is 11.1 Å². The van der Waals surface area contributed by atoms with E-state index in [1.165, 1.54) is 17.2 Å². The Morgan fingerprint density at radius 2 is 1.21 bits per heavy atom. The maximum absolute atomic E-state index is 14.6. The van der Waals surface area contributed by atoms with E-state index in [0.717, 1.165) is 43.0 Å². The summed E-state index contributed by atoms with van der Waals surface area (Å²) in [5.74, 6) is -2.00. The molecule has 0 spiro atoms. The molecule has 0 saturated carbocycles. The van der Waals surface area contributed by atoms with Crippen LogP contribution in [0.25, 0.3) is 17.2 Å². The smallest absolute Gasteiger partial charge is 0.133 e. The molecule has 3 aromatic carbocycles. The highest BCUT2D eigenvalue weighted by molar-refractivity contribution is 5.67. The van der Waals surface area contributed by atoms with E-state index in [2.05, 4.69) is 37.4 Å². The third-order valence-electron chi connectivity index (χ3n) is 4.99. The summed E-state index contributed by atoms with van der Waals surface area (Å²) in [5.41, 5.74) is 3.43. The average Bonchev–Trinajstić information content (AvgIpc) is 2.71. The molecule has 3 aromatic rings. The Balaban J connectivity index is 1.71. The first-order valence-corrected chi connectivity index (χ1v) is 9.61. The molecule has 0 aliphatic carbocycles. The minimum atomic E-state index is -0.755. The summed E-state index contributed by atoms with van der Waals surface area (Å²) in [6.45, 7) is 7.12. The van der Waals surface area contributed by atoms with Crippen LogP contribution in [0.2, 0.25) is 0 Å². The van der Waals surface area contributed by atoms with Crippen molar-refractivity contribution in [2.45, 2.75) is 25.7 Å². The fraction of sp³-hybridized carbons (Fsp3) is 0.154. The van der Waals surface area contributed by atoms with Gasteiger partial charge in [-0.05, 0) is 66.1 Å². The number of hydrogen-bond donors (Lipinski definition) is 0. The molecule has 148 valence electrons. The molecular weight excluding hydrogens is 369 g/mol. The maximum atomic E-state index is 14.6. The number of rotatable bonds is 8. The van der Waals surface area contributed by atoms with Crippen LogP contribution in [0.15, 0.2) is 73.8 Å². The van der Waals surface area contributed by atoms with Gasteiger partial charge in [-0.25, -0.2) is 13.2 Å². The Hall–Kier alpha value is -3.07. The number of benzene rings is 3. The van der Waals surface area contributed by atoms with E-state index >= 15 is 0 Å². The van der Waals surface area contributed by atoms with E-state index in [0.29, 0.717) is 6.42 Å². The lowest BCUT2D eigenvalue weighted by molar-refractivity contribution is 0.579. The van der Waals surface area contributed by atoms with Crippen molar-refractivity contribution in [2.24, 2.45) is 0 Å². The Labute approximate surface area is 170 Å². The second kappa shape index (κ2) is 9.42. The summed E-state index contributed by atoms with van der Waals surface area (Å²) in [6, 6.07) is 15.5. The third-order valence-corrected chi connectivity index (χ3v) is 4.99. The van der Waals surface area contributed by atoms with Crippen molar-refractivity contribution in [1.82, 2.24) is 0 Å². The zero-order valence-electron chi connectivity index (χ0n) is 16.2. The van der Waals surface area contributed by atoms with Gasteiger partial charge in [0.1, 0.15) is 17.5 Å². The van der Waals surface area contributed by atoms with Gasteiger partial charge in [0, 0.05) is 11.1 Å². The van der Waals surface area contributed by atoms with E-state index in [9.17, 15) is 13.2 Å². The fourth-order valence-corrected chi connectivity index (χ4v) is 3.31. The first-order valence-electron chi connectivity index (χ1n) is 9.61. The quantitative estimate of drug-likeness (QED) is 0.352. The molecule has 0 radical (unpaired) electrons. The van der Waals surface area contributed by atoms with Gasteiger partial charge in [0.15, 0.2) is 0 Å². The summed E-state index contributed by atoms with van der Waals surface area (Å²) >= 11 is 0. The normalized spacial score (nSPS) is 10.7. The summed E-state index contributed by atoms with van der Waals surface area (Å²) in [5, 5.41) is 0. The molecule has 3 heteroatoms. The van der Waals surface area contributed by atoms with Crippen molar-refractivity contribution in [1.29, 1.82) is 0 Å². The summed E-state index contributed by atoms with van der Waals surface area (Å²) in [6.07, 6.45) is 6.42. The molecule has 0 fully saturated rings. The molecule has 0 N–H and O–H groups in total. The molecule has 0 bridgehead atoms. The Morgan fingerprint density at radius 3 is 1.76 bits per heavy atom. The van der Waals surface area contributed by atoms with Crippen LogP contribution in [0.1, 0.15) is 28.7 Å². The van der Waals surface area contributed by atoms with Gasteiger partial charge in [-0.2, -0.15) is 0 Å². The number of halogens is 3. The van der Waals surface area contributed by atoms with Crippen LogP contribution in [-0.4, -0.2) is 0 Å². The van der Waals surface area contributed by atoms with Gasteiger partial charge in [-0.1, -0.05) is 55.1 Å². The minimum absolute atomic E-state index is 0.171. The lowest BCUT2D eigenvalue weighted by Gasteiger charge is -2.09. The average molecular weight is 392 g/mol. The van der Waals surface area contributed by atoms with Crippen LogP contribution >= 0.6 is 0 Å². The lowest BCUT2D eigenvalue weighted by Crippen LogP contribution is -1.96. The van der Waals surface area contributed by atoms with Crippen LogP contribution in [0.5, 0.6) is 0 Å². The fourth-order valence-electron chi connectivity index (χ4n) is 3.31. The summed E-state index contributed by atoms with van der Waals surface area (Å²) in [4.78, 5) is 0. The van der Waals surface area contributed by atoms with Gasteiger partial charge < -0.3 is 0 Å².